The van der Waals surface area contributed by atoms with E-state index < -0.39 is 5.25 Å². The number of thioether (sulfide) groups is 1. The van der Waals surface area contributed by atoms with Crippen LogP contribution in [0.5, 0.6) is 5.75 Å². The van der Waals surface area contributed by atoms with Gasteiger partial charge in [-0.3, -0.25) is 14.7 Å². The fraction of sp³-hybridized carbons (Fsp3) is 0.167. The van der Waals surface area contributed by atoms with Gasteiger partial charge in [-0.15, -0.1) is 10.2 Å². The maximum absolute atomic E-state index is 11.4. The zero-order valence-corrected chi connectivity index (χ0v) is 20.4. The quantitative estimate of drug-likeness (QED) is 0.142. The van der Waals surface area contributed by atoms with Gasteiger partial charge in [0.2, 0.25) is 6.54 Å². The molecule has 174 valence electrons. The monoisotopic (exact) mass is 514 g/mol. The summed E-state index contributed by atoms with van der Waals surface area (Å²) in [6.45, 7) is 1.97. The summed E-state index contributed by atoms with van der Waals surface area (Å²) in [4.78, 5) is 11.1. The van der Waals surface area contributed by atoms with Gasteiger partial charge in [0.1, 0.15) is 23.4 Å². The third-order valence-electron chi connectivity index (χ3n) is 5.01. The standard InChI is InChI=1S/C24H20Cl2N4O3S/c1-16-27-28-24(30(16)21-10-8-20(26)9-11-21)34-23(14-29(31)32)18-4-12-22(13-5-18)33-15-17-2-6-19(25)7-3-17/h2-13,23H,14-15H2,1H3/t23-/m0/s1. The molecule has 34 heavy (non-hydrogen) atoms. The van der Waals surface area contributed by atoms with Crippen LogP contribution in [0.1, 0.15) is 22.2 Å². The van der Waals surface area contributed by atoms with Crippen LogP contribution in [0.3, 0.4) is 0 Å². The van der Waals surface area contributed by atoms with Gasteiger partial charge in [0.25, 0.3) is 0 Å². The molecule has 1 atom stereocenters. The molecule has 0 unspecified atom stereocenters. The lowest BCUT2D eigenvalue weighted by molar-refractivity contribution is -0.479. The molecule has 4 rings (SSSR count). The molecule has 0 bridgehead atoms. The lowest BCUT2D eigenvalue weighted by Crippen LogP contribution is -2.11. The minimum absolute atomic E-state index is 0.262. The van der Waals surface area contributed by atoms with Crippen molar-refractivity contribution in [3.63, 3.8) is 0 Å². The Morgan fingerprint density at radius 2 is 1.59 bits per heavy atom. The van der Waals surface area contributed by atoms with Crippen molar-refractivity contribution in [2.45, 2.75) is 23.9 Å². The molecule has 0 saturated carbocycles. The number of aromatic nitrogens is 3. The first kappa shape index (κ1) is 24.1. The van der Waals surface area contributed by atoms with Crippen molar-refractivity contribution in [2.24, 2.45) is 0 Å². The van der Waals surface area contributed by atoms with Crippen molar-refractivity contribution in [3.8, 4) is 11.4 Å². The summed E-state index contributed by atoms with van der Waals surface area (Å²) >= 11 is 13.2. The minimum Gasteiger partial charge on any atom is -0.489 e. The first-order chi connectivity index (χ1) is 16.4. The van der Waals surface area contributed by atoms with Crippen molar-refractivity contribution in [1.29, 1.82) is 0 Å². The highest BCUT2D eigenvalue weighted by molar-refractivity contribution is 7.99. The molecule has 0 aliphatic heterocycles. The van der Waals surface area contributed by atoms with Crippen molar-refractivity contribution in [2.75, 3.05) is 6.54 Å². The van der Waals surface area contributed by atoms with Crippen LogP contribution in [0.4, 0.5) is 0 Å². The number of halogens is 2. The highest BCUT2D eigenvalue weighted by atomic mass is 35.5. The molecule has 0 aliphatic carbocycles. The molecule has 0 saturated heterocycles. The van der Waals surface area contributed by atoms with E-state index in [2.05, 4.69) is 10.2 Å². The molecule has 10 heteroatoms. The van der Waals surface area contributed by atoms with Crippen LogP contribution in [0.2, 0.25) is 10.0 Å². The number of ether oxygens (including phenoxy) is 1. The lowest BCUT2D eigenvalue weighted by Gasteiger charge is -2.15. The molecule has 7 nitrogen and oxygen atoms in total. The van der Waals surface area contributed by atoms with Crippen molar-refractivity contribution in [3.05, 3.63) is 110 Å². The van der Waals surface area contributed by atoms with Crippen LogP contribution in [0, 0.1) is 17.0 Å². The molecule has 1 heterocycles. The second kappa shape index (κ2) is 10.9. The molecule has 0 spiro atoms. The van der Waals surface area contributed by atoms with Crippen molar-refractivity contribution >= 4 is 35.0 Å². The number of nitrogens with zero attached hydrogens (tertiary/aromatic N) is 4. The van der Waals surface area contributed by atoms with Gasteiger partial charge in [0.15, 0.2) is 5.16 Å². The Morgan fingerprint density at radius 1 is 0.971 bits per heavy atom. The van der Waals surface area contributed by atoms with Gasteiger partial charge in [0.05, 0.1) is 0 Å². The largest absolute Gasteiger partial charge is 0.489 e. The van der Waals surface area contributed by atoms with Gasteiger partial charge in [-0.1, -0.05) is 59.2 Å². The summed E-state index contributed by atoms with van der Waals surface area (Å²) in [6, 6.07) is 22.0. The van der Waals surface area contributed by atoms with E-state index in [0.29, 0.717) is 33.4 Å². The van der Waals surface area contributed by atoms with Gasteiger partial charge < -0.3 is 4.74 Å². The third-order valence-corrected chi connectivity index (χ3v) is 6.70. The van der Waals surface area contributed by atoms with E-state index in [9.17, 15) is 10.1 Å². The fourth-order valence-corrected chi connectivity index (χ4v) is 4.73. The molecule has 1 aromatic heterocycles. The number of hydrogen-bond acceptors (Lipinski definition) is 6. The average molecular weight is 515 g/mol. The highest BCUT2D eigenvalue weighted by Crippen LogP contribution is 2.36. The number of benzene rings is 3. The van der Waals surface area contributed by atoms with E-state index in [-0.39, 0.29) is 11.5 Å². The number of nitro groups is 1. The van der Waals surface area contributed by atoms with Crippen LogP contribution in [-0.2, 0) is 6.61 Å². The Balaban J connectivity index is 1.52. The summed E-state index contributed by atoms with van der Waals surface area (Å²) in [5.74, 6) is 1.35. The van der Waals surface area contributed by atoms with E-state index in [0.717, 1.165) is 16.8 Å². The van der Waals surface area contributed by atoms with Gasteiger partial charge in [-0.25, -0.2) is 0 Å². The third kappa shape index (κ3) is 6.08. The Hall–Kier alpha value is -3.07. The number of rotatable bonds is 9. The second-order valence-electron chi connectivity index (χ2n) is 7.45. The molecular weight excluding hydrogens is 495 g/mol. The molecule has 0 N–H and O–H groups in total. The topological polar surface area (TPSA) is 83.1 Å². The smallest absolute Gasteiger partial charge is 0.220 e. The number of hydrogen-bond donors (Lipinski definition) is 0. The molecule has 3 aromatic carbocycles. The van der Waals surface area contributed by atoms with Crippen LogP contribution in [0.25, 0.3) is 5.69 Å². The Kier molecular flexibility index (Phi) is 7.72. The summed E-state index contributed by atoms with van der Waals surface area (Å²) in [7, 11) is 0. The molecule has 0 fully saturated rings. The normalized spacial score (nSPS) is 11.9. The molecule has 0 amide bonds. The van der Waals surface area contributed by atoms with Gasteiger partial charge >= 0.3 is 0 Å². The maximum Gasteiger partial charge on any atom is 0.220 e. The second-order valence-corrected chi connectivity index (χ2v) is 9.49. The summed E-state index contributed by atoms with van der Waals surface area (Å²) in [5, 5.41) is 21.2. The number of aryl methyl sites for hydroxylation is 1. The van der Waals surface area contributed by atoms with Crippen molar-refractivity contribution < 1.29 is 9.66 Å². The van der Waals surface area contributed by atoms with Crippen LogP contribution in [-0.4, -0.2) is 26.2 Å². The molecule has 0 radical (unpaired) electrons. The minimum atomic E-state index is -0.463. The lowest BCUT2D eigenvalue weighted by atomic mass is 10.1. The predicted molar refractivity (Wildman–Crippen MR) is 134 cm³/mol. The summed E-state index contributed by atoms with van der Waals surface area (Å²) in [6.07, 6.45) is 0. The van der Waals surface area contributed by atoms with E-state index in [4.69, 9.17) is 27.9 Å². The van der Waals surface area contributed by atoms with E-state index >= 15 is 0 Å². The Labute approximate surface area is 210 Å². The first-order valence-corrected chi connectivity index (χ1v) is 12.0. The Bertz CT molecular complexity index is 1260. The van der Waals surface area contributed by atoms with Crippen LogP contribution in [0.15, 0.2) is 78.0 Å². The predicted octanol–water partition coefficient (Wildman–Crippen LogP) is 6.57. The molecule has 4 aromatic rings. The maximum atomic E-state index is 11.4. The van der Waals surface area contributed by atoms with Crippen LogP contribution < -0.4 is 4.74 Å². The SMILES string of the molecule is Cc1nnc(S[C@@H](C[N+](=O)[O-])c2ccc(OCc3ccc(Cl)cc3)cc2)n1-c1ccc(Cl)cc1. The zero-order chi connectivity index (χ0) is 24.1. The first-order valence-electron chi connectivity index (χ1n) is 10.3. The molecule has 0 aliphatic rings. The van der Waals surface area contributed by atoms with E-state index in [1.54, 1.807) is 12.1 Å². The van der Waals surface area contributed by atoms with E-state index in [1.807, 2.05) is 72.2 Å². The van der Waals surface area contributed by atoms with Crippen molar-refractivity contribution in [1.82, 2.24) is 14.8 Å². The Morgan fingerprint density at radius 3 is 2.21 bits per heavy atom. The molecular formula is C24H20Cl2N4O3S. The average Bonchev–Trinajstić information content (AvgIpc) is 3.19. The van der Waals surface area contributed by atoms with Gasteiger partial charge in [-0.05, 0) is 66.6 Å². The highest BCUT2D eigenvalue weighted by Gasteiger charge is 2.24. The summed E-state index contributed by atoms with van der Waals surface area (Å²) in [5.41, 5.74) is 2.62. The zero-order valence-electron chi connectivity index (χ0n) is 18.1. The van der Waals surface area contributed by atoms with E-state index in [1.165, 1.54) is 11.8 Å². The van der Waals surface area contributed by atoms with Crippen LogP contribution >= 0.6 is 35.0 Å². The van der Waals surface area contributed by atoms with Gasteiger partial charge in [0, 0.05) is 20.7 Å². The summed E-state index contributed by atoms with van der Waals surface area (Å²) < 4.78 is 7.69. The van der Waals surface area contributed by atoms with Gasteiger partial charge in [-0.2, -0.15) is 0 Å². The fourth-order valence-electron chi connectivity index (χ4n) is 3.31.